The molecular formula is C15H13BrN2O5S. The van der Waals surface area contributed by atoms with Gasteiger partial charge in [0.1, 0.15) is 0 Å². The largest absolute Gasteiger partial charge is 0.469 e. The van der Waals surface area contributed by atoms with Crippen LogP contribution >= 0.6 is 27.3 Å². The van der Waals surface area contributed by atoms with Crippen LogP contribution in [0.15, 0.2) is 40.2 Å². The van der Waals surface area contributed by atoms with E-state index in [4.69, 9.17) is 0 Å². The Kier molecular flexibility index (Phi) is 6.04. The molecule has 0 aliphatic carbocycles. The molecule has 2 rings (SSSR count). The molecule has 0 radical (unpaired) electrons. The van der Waals surface area contributed by atoms with Gasteiger partial charge in [-0.3, -0.25) is 19.7 Å². The topological polar surface area (TPSA) is 98.5 Å². The monoisotopic (exact) mass is 412 g/mol. The SMILES string of the molecule is COC(=O)C[C@@H](NC(=O)c1csc([N+](=O)[O-])c1)c1ccc(Br)cc1. The summed E-state index contributed by atoms with van der Waals surface area (Å²) in [7, 11) is 1.27. The molecule has 2 aromatic rings. The molecule has 0 saturated heterocycles. The van der Waals surface area contributed by atoms with Gasteiger partial charge in [0.15, 0.2) is 0 Å². The molecule has 1 atom stereocenters. The normalized spacial score (nSPS) is 11.6. The third-order valence-electron chi connectivity index (χ3n) is 3.20. The average molecular weight is 413 g/mol. The molecule has 0 fully saturated rings. The lowest BCUT2D eigenvalue weighted by Crippen LogP contribution is -2.30. The fourth-order valence-electron chi connectivity index (χ4n) is 1.98. The first kappa shape index (κ1) is 18.1. The second-order valence-corrected chi connectivity index (χ2v) is 6.59. The van der Waals surface area contributed by atoms with Gasteiger partial charge in [-0.15, -0.1) is 0 Å². The van der Waals surface area contributed by atoms with E-state index in [0.29, 0.717) is 0 Å². The molecule has 24 heavy (non-hydrogen) atoms. The number of halogens is 1. The minimum absolute atomic E-state index is 0.0455. The molecule has 9 heteroatoms. The Morgan fingerprint density at radius 3 is 2.58 bits per heavy atom. The summed E-state index contributed by atoms with van der Waals surface area (Å²) < 4.78 is 5.53. The Bertz CT molecular complexity index is 759. The number of nitrogens with zero attached hydrogens (tertiary/aromatic N) is 1. The van der Waals surface area contributed by atoms with Gasteiger partial charge >= 0.3 is 11.0 Å². The molecule has 0 saturated carbocycles. The van der Waals surface area contributed by atoms with E-state index >= 15 is 0 Å². The highest BCUT2D eigenvalue weighted by molar-refractivity contribution is 9.10. The zero-order valence-electron chi connectivity index (χ0n) is 12.5. The summed E-state index contributed by atoms with van der Waals surface area (Å²) in [6.45, 7) is 0. The van der Waals surface area contributed by atoms with Crippen molar-refractivity contribution in [3.05, 3.63) is 61.4 Å². The Balaban J connectivity index is 2.20. The van der Waals surface area contributed by atoms with E-state index < -0.39 is 22.8 Å². The van der Waals surface area contributed by atoms with Crippen molar-refractivity contribution < 1.29 is 19.2 Å². The number of nitrogens with one attached hydrogen (secondary N) is 1. The van der Waals surface area contributed by atoms with E-state index in [1.54, 1.807) is 24.3 Å². The van der Waals surface area contributed by atoms with E-state index in [0.717, 1.165) is 21.4 Å². The molecule has 0 bridgehead atoms. The lowest BCUT2D eigenvalue weighted by atomic mass is 10.0. The van der Waals surface area contributed by atoms with Crippen LogP contribution in [0, 0.1) is 10.1 Å². The van der Waals surface area contributed by atoms with Crippen LogP contribution in [0.3, 0.4) is 0 Å². The van der Waals surface area contributed by atoms with Crippen LogP contribution in [0.25, 0.3) is 0 Å². The van der Waals surface area contributed by atoms with Crippen molar-refractivity contribution in [1.82, 2.24) is 5.32 Å². The number of hydrogen-bond acceptors (Lipinski definition) is 6. The second-order valence-electron chi connectivity index (χ2n) is 4.79. The predicted octanol–water partition coefficient (Wildman–Crippen LogP) is 3.45. The molecule has 1 aromatic carbocycles. The molecule has 0 unspecified atom stereocenters. The molecule has 1 amide bonds. The summed E-state index contributed by atoms with van der Waals surface area (Å²) in [4.78, 5) is 34.1. The Morgan fingerprint density at radius 1 is 1.38 bits per heavy atom. The number of thiophene rings is 1. The third-order valence-corrected chi connectivity index (χ3v) is 4.61. The van der Waals surface area contributed by atoms with Crippen molar-refractivity contribution in [3.8, 4) is 0 Å². The van der Waals surface area contributed by atoms with Crippen LogP contribution < -0.4 is 5.32 Å². The van der Waals surface area contributed by atoms with Crippen molar-refractivity contribution in [2.45, 2.75) is 12.5 Å². The zero-order chi connectivity index (χ0) is 17.7. The van der Waals surface area contributed by atoms with E-state index in [1.807, 2.05) is 0 Å². The molecule has 0 spiro atoms. The lowest BCUT2D eigenvalue weighted by molar-refractivity contribution is -0.380. The summed E-state index contributed by atoms with van der Waals surface area (Å²) in [6.07, 6.45) is -0.0455. The van der Waals surface area contributed by atoms with Crippen molar-refractivity contribution in [2.75, 3.05) is 7.11 Å². The minimum Gasteiger partial charge on any atom is -0.469 e. The van der Waals surface area contributed by atoms with E-state index in [-0.39, 0.29) is 17.0 Å². The number of methoxy groups -OCH3 is 1. The second kappa shape index (κ2) is 8.02. The van der Waals surface area contributed by atoms with Crippen LogP contribution in [0.5, 0.6) is 0 Å². The number of benzene rings is 1. The van der Waals surface area contributed by atoms with E-state index in [9.17, 15) is 19.7 Å². The van der Waals surface area contributed by atoms with Crippen LogP contribution in [0.1, 0.15) is 28.4 Å². The predicted molar refractivity (Wildman–Crippen MR) is 92.0 cm³/mol. The van der Waals surface area contributed by atoms with E-state index in [1.165, 1.54) is 18.6 Å². The first-order valence-electron chi connectivity index (χ1n) is 6.76. The third kappa shape index (κ3) is 4.62. The Morgan fingerprint density at radius 2 is 2.04 bits per heavy atom. The number of amides is 1. The molecule has 7 nitrogen and oxygen atoms in total. The average Bonchev–Trinajstić information content (AvgIpc) is 3.05. The minimum atomic E-state index is -0.600. The van der Waals surface area contributed by atoms with Crippen LogP contribution in [-0.4, -0.2) is 23.9 Å². The van der Waals surface area contributed by atoms with Gasteiger partial charge in [0.25, 0.3) is 5.91 Å². The van der Waals surface area contributed by atoms with Crippen molar-refractivity contribution >= 4 is 44.1 Å². The number of ether oxygens (including phenoxy) is 1. The lowest BCUT2D eigenvalue weighted by Gasteiger charge is -2.18. The van der Waals surface area contributed by atoms with Gasteiger partial charge in [0.2, 0.25) is 0 Å². The summed E-state index contributed by atoms with van der Waals surface area (Å²) >= 11 is 4.19. The molecule has 0 aliphatic rings. The molecule has 1 aromatic heterocycles. The van der Waals surface area contributed by atoms with Crippen molar-refractivity contribution in [1.29, 1.82) is 0 Å². The number of hydrogen-bond donors (Lipinski definition) is 1. The maximum atomic E-state index is 12.3. The molecule has 1 N–H and O–H groups in total. The molecule has 0 aliphatic heterocycles. The first-order chi connectivity index (χ1) is 11.4. The highest BCUT2D eigenvalue weighted by atomic mass is 79.9. The van der Waals surface area contributed by atoms with Gasteiger partial charge in [-0.25, -0.2) is 0 Å². The van der Waals surface area contributed by atoms with Crippen LogP contribution in [0.4, 0.5) is 5.00 Å². The fourth-order valence-corrected chi connectivity index (χ4v) is 2.95. The quantitative estimate of drug-likeness (QED) is 0.444. The molecule has 1 heterocycles. The summed E-state index contributed by atoms with van der Waals surface area (Å²) in [5, 5.41) is 14.7. The smallest absolute Gasteiger partial charge is 0.324 e. The summed E-state index contributed by atoms with van der Waals surface area (Å²) in [6, 6.07) is 7.73. The van der Waals surface area contributed by atoms with Crippen molar-refractivity contribution in [2.24, 2.45) is 0 Å². The van der Waals surface area contributed by atoms with Crippen LogP contribution in [0.2, 0.25) is 0 Å². The maximum Gasteiger partial charge on any atom is 0.324 e. The van der Waals surface area contributed by atoms with Gasteiger partial charge in [-0.05, 0) is 17.7 Å². The van der Waals surface area contributed by atoms with Crippen molar-refractivity contribution in [3.63, 3.8) is 0 Å². The Hall–Kier alpha value is -2.26. The highest BCUT2D eigenvalue weighted by Crippen LogP contribution is 2.24. The summed E-state index contributed by atoms with van der Waals surface area (Å²) in [5.41, 5.74) is 0.903. The molecule has 126 valence electrons. The number of carbonyl (C=O) groups is 2. The van der Waals surface area contributed by atoms with Gasteiger partial charge in [-0.2, -0.15) is 0 Å². The maximum absolute atomic E-state index is 12.3. The van der Waals surface area contributed by atoms with Crippen LogP contribution in [-0.2, 0) is 9.53 Å². The number of nitro groups is 1. The fraction of sp³-hybridized carbons (Fsp3) is 0.200. The summed E-state index contributed by atoms with van der Waals surface area (Å²) in [5.74, 6) is -0.962. The number of rotatable bonds is 6. The van der Waals surface area contributed by atoms with Gasteiger partial charge in [0, 0.05) is 15.9 Å². The zero-order valence-corrected chi connectivity index (χ0v) is 14.9. The number of esters is 1. The van der Waals surface area contributed by atoms with E-state index in [2.05, 4.69) is 26.0 Å². The standard InChI is InChI=1S/C15H13BrN2O5S/c1-23-14(19)7-12(9-2-4-11(16)5-3-9)17-15(20)10-6-13(18(21)22)24-8-10/h2-6,8,12H,7H2,1H3,(H,17,20)/t12-/m1/s1. The van der Waals surface area contributed by atoms with Gasteiger partial charge in [-0.1, -0.05) is 39.4 Å². The van der Waals surface area contributed by atoms with Gasteiger partial charge < -0.3 is 10.1 Å². The molecular weight excluding hydrogens is 400 g/mol. The Labute approximate surface area is 149 Å². The number of carbonyl (C=O) groups excluding carboxylic acids is 2. The first-order valence-corrected chi connectivity index (χ1v) is 8.44. The van der Waals surface area contributed by atoms with Gasteiger partial charge in [0.05, 0.1) is 30.1 Å². The highest BCUT2D eigenvalue weighted by Gasteiger charge is 2.22.